The molecule has 0 saturated heterocycles. The van der Waals surface area contributed by atoms with Gasteiger partial charge in [0.05, 0.1) is 12.1 Å². The maximum Gasteiger partial charge on any atom is 0.125 e. The minimum absolute atomic E-state index is 0.178. The topological polar surface area (TPSA) is 48.4 Å². The molecule has 2 N–H and O–H groups in total. The Bertz CT molecular complexity index is 514. The SMILES string of the molecule is CCc1ccc(C(N)c2ccc(OC(C)C)cc2)o1. The first-order chi connectivity index (χ1) is 9.10. The van der Waals surface area contributed by atoms with E-state index >= 15 is 0 Å². The van der Waals surface area contributed by atoms with Crippen LogP contribution in [0.25, 0.3) is 0 Å². The van der Waals surface area contributed by atoms with Crippen molar-refractivity contribution in [3.05, 3.63) is 53.5 Å². The molecular formula is C16H21NO2. The maximum absolute atomic E-state index is 6.20. The summed E-state index contributed by atoms with van der Waals surface area (Å²) in [5, 5.41) is 0. The van der Waals surface area contributed by atoms with E-state index in [0.717, 1.165) is 29.3 Å². The molecule has 3 nitrogen and oxygen atoms in total. The van der Waals surface area contributed by atoms with E-state index in [1.165, 1.54) is 0 Å². The van der Waals surface area contributed by atoms with Gasteiger partial charge < -0.3 is 14.9 Å². The number of aryl methyl sites for hydroxylation is 1. The lowest BCUT2D eigenvalue weighted by molar-refractivity contribution is 0.242. The summed E-state index contributed by atoms with van der Waals surface area (Å²) in [4.78, 5) is 0. The molecule has 0 amide bonds. The fourth-order valence-corrected chi connectivity index (χ4v) is 1.94. The van der Waals surface area contributed by atoms with Crippen LogP contribution in [0, 0.1) is 0 Å². The molecule has 3 heteroatoms. The van der Waals surface area contributed by atoms with Gasteiger partial charge in [0.2, 0.25) is 0 Å². The molecule has 1 heterocycles. The molecule has 2 aromatic rings. The normalized spacial score (nSPS) is 12.7. The molecule has 0 aliphatic carbocycles. The molecule has 0 spiro atoms. The van der Waals surface area contributed by atoms with Crippen LogP contribution in [-0.2, 0) is 6.42 Å². The van der Waals surface area contributed by atoms with E-state index in [0.29, 0.717) is 0 Å². The van der Waals surface area contributed by atoms with Gasteiger partial charge in [-0.05, 0) is 43.7 Å². The molecule has 0 bridgehead atoms. The van der Waals surface area contributed by atoms with Crippen LogP contribution >= 0.6 is 0 Å². The van der Waals surface area contributed by atoms with Crippen molar-refractivity contribution in [2.24, 2.45) is 5.73 Å². The van der Waals surface area contributed by atoms with Gasteiger partial charge in [0.1, 0.15) is 17.3 Å². The summed E-state index contributed by atoms with van der Waals surface area (Å²) in [5.74, 6) is 2.62. The van der Waals surface area contributed by atoms with E-state index in [2.05, 4.69) is 6.92 Å². The van der Waals surface area contributed by atoms with Crippen molar-refractivity contribution in [1.29, 1.82) is 0 Å². The van der Waals surface area contributed by atoms with Crippen LogP contribution in [0.4, 0.5) is 0 Å². The molecule has 0 saturated carbocycles. The maximum atomic E-state index is 6.20. The van der Waals surface area contributed by atoms with Gasteiger partial charge in [0, 0.05) is 6.42 Å². The van der Waals surface area contributed by atoms with Gasteiger partial charge in [-0.2, -0.15) is 0 Å². The standard InChI is InChI=1S/C16H21NO2/c1-4-13-9-10-15(19-13)16(17)12-5-7-14(8-6-12)18-11(2)3/h5-11,16H,4,17H2,1-3H3. The number of rotatable bonds is 5. The van der Waals surface area contributed by atoms with Crippen LogP contribution in [0.15, 0.2) is 40.8 Å². The minimum Gasteiger partial charge on any atom is -0.491 e. The first-order valence-corrected chi connectivity index (χ1v) is 6.71. The Morgan fingerprint density at radius 2 is 1.79 bits per heavy atom. The minimum atomic E-state index is -0.228. The van der Waals surface area contributed by atoms with Crippen molar-refractivity contribution in [3.63, 3.8) is 0 Å². The van der Waals surface area contributed by atoms with Crippen molar-refractivity contribution in [1.82, 2.24) is 0 Å². The Hall–Kier alpha value is -1.74. The van der Waals surface area contributed by atoms with Crippen LogP contribution in [-0.4, -0.2) is 6.10 Å². The zero-order chi connectivity index (χ0) is 13.8. The van der Waals surface area contributed by atoms with Gasteiger partial charge in [-0.25, -0.2) is 0 Å². The summed E-state index contributed by atoms with van der Waals surface area (Å²) in [6.45, 7) is 6.08. The number of benzene rings is 1. The molecule has 0 aliphatic rings. The highest BCUT2D eigenvalue weighted by Crippen LogP contribution is 2.24. The van der Waals surface area contributed by atoms with Gasteiger partial charge in [0.15, 0.2) is 0 Å². The van der Waals surface area contributed by atoms with Crippen molar-refractivity contribution >= 4 is 0 Å². The van der Waals surface area contributed by atoms with Crippen LogP contribution < -0.4 is 10.5 Å². The predicted octanol–water partition coefficient (Wildman–Crippen LogP) is 3.68. The summed E-state index contributed by atoms with van der Waals surface area (Å²) in [7, 11) is 0. The molecule has 1 atom stereocenters. The average Bonchev–Trinajstić information content (AvgIpc) is 2.87. The second-order valence-corrected chi connectivity index (χ2v) is 4.87. The van der Waals surface area contributed by atoms with Crippen LogP contribution in [0.2, 0.25) is 0 Å². The fourth-order valence-electron chi connectivity index (χ4n) is 1.94. The third-order valence-corrected chi connectivity index (χ3v) is 2.95. The predicted molar refractivity (Wildman–Crippen MR) is 76.3 cm³/mol. The number of furan rings is 1. The van der Waals surface area contributed by atoms with E-state index < -0.39 is 0 Å². The Kier molecular flexibility index (Phi) is 4.27. The molecular weight excluding hydrogens is 238 g/mol. The monoisotopic (exact) mass is 259 g/mol. The van der Waals surface area contributed by atoms with E-state index in [-0.39, 0.29) is 12.1 Å². The number of ether oxygens (including phenoxy) is 1. The number of nitrogens with two attached hydrogens (primary N) is 1. The molecule has 0 aliphatic heterocycles. The van der Waals surface area contributed by atoms with Gasteiger partial charge in [-0.1, -0.05) is 19.1 Å². The van der Waals surface area contributed by atoms with Crippen molar-refractivity contribution in [2.45, 2.75) is 39.3 Å². The smallest absolute Gasteiger partial charge is 0.125 e. The lowest BCUT2D eigenvalue weighted by Gasteiger charge is -2.12. The summed E-state index contributed by atoms with van der Waals surface area (Å²) in [5.41, 5.74) is 7.22. The average molecular weight is 259 g/mol. The molecule has 1 unspecified atom stereocenters. The van der Waals surface area contributed by atoms with Gasteiger partial charge >= 0.3 is 0 Å². The molecule has 19 heavy (non-hydrogen) atoms. The Balaban J connectivity index is 2.12. The van der Waals surface area contributed by atoms with Crippen molar-refractivity contribution < 1.29 is 9.15 Å². The van der Waals surface area contributed by atoms with Gasteiger partial charge in [0.25, 0.3) is 0 Å². The highest BCUT2D eigenvalue weighted by molar-refractivity contribution is 5.32. The van der Waals surface area contributed by atoms with E-state index in [4.69, 9.17) is 14.9 Å². The van der Waals surface area contributed by atoms with Crippen LogP contribution in [0.5, 0.6) is 5.75 Å². The molecule has 102 valence electrons. The summed E-state index contributed by atoms with van der Waals surface area (Å²) >= 11 is 0. The zero-order valence-corrected chi connectivity index (χ0v) is 11.7. The zero-order valence-electron chi connectivity index (χ0n) is 11.7. The lowest BCUT2D eigenvalue weighted by atomic mass is 10.1. The molecule has 1 aromatic carbocycles. The molecule has 1 aromatic heterocycles. The Morgan fingerprint density at radius 3 is 2.32 bits per heavy atom. The van der Waals surface area contributed by atoms with Gasteiger partial charge in [-0.15, -0.1) is 0 Å². The fraction of sp³-hybridized carbons (Fsp3) is 0.375. The van der Waals surface area contributed by atoms with E-state index in [1.807, 2.05) is 50.2 Å². The third-order valence-electron chi connectivity index (χ3n) is 2.95. The number of hydrogen-bond acceptors (Lipinski definition) is 3. The summed E-state index contributed by atoms with van der Waals surface area (Å²) in [6.07, 6.45) is 1.06. The second-order valence-electron chi connectivity index (χ2n) is 4.87. The van der Waals surface area contributed by atoms with Crippen molar-refractivity contribution in [3.8, 4) is 5.75 Å². The lowest BCUT2D eigenvalue weighted by Crippen LogP contribution is -2.11. The Morgan fingerprint density at radius 1 is 1.11 bits per heavy atom. The quantitative estimate of drug-likeness (QED) is 0.891. The largest absolute Gasteiger partial charge is 0.491 e. The Labute approximate surface area is 114 Å². The first kappa shape index (κ1) is 13.7. The van der Waals surface area contributed by atoms with E-state index in [1.54, 1.807) is 0 Å². The van der Waals surface area contributed by atoms with Gasteiger partial charge in [-0.3, -0.25) is 0 Å². The first-order valence-electron chi connectivity index (χ1n) is 6.71. The highest BCUT2D eigenvalue weighted by Gasteiger charge is 2.13. The highest BCUT2D eigenvalue weighted by atomic mass is 16.5. The third kappa shape index (κ3) is 3.38. The van der Waals surface area contributed by atoms with Crippen LogP contribution in [0.1, 0.15) is 43.9 Å². The van der Waals surface area contributed by atoms with E-state index in [9.17, 15) is 0 Å². The van der Waals surface area contributed by atoms with Crippen molar-refractivity contribution in [2.75, 3.05) is 0 Å². The molecule has 0 radical (unpaired) electrons. The summed E-state index contributed by atoms with van der Waals surface area (Å²) in [6, 6.07) is 11.5. The summed E-state index contributed by atoms with van der Waals surface area (Å²) < 4.78 is 11.3. The number of hydrogen-bond donors (Lipinski definition) is 1. The van der Waals surface area contributed by atoms with Crippen LogP contribution in [0.3, 0.4) is 0 Å². The second kappa shape index (κ2) is 5.93. The molecule has 2 rings (SSSR count). The molecule has 0 fully saturated rings.